The number of carbonyl (C=O) groups is 2. The van der Waals surface area contributed by atoms with Gasteiger partial charge in [-0.25, -0.2) is 4.79 Å². The highest BCUT2D eigenvalue weighted by molar-refractivity contribution is 5.74. The van der Waals surface area contributed by atoms with Gasteiger partial charge in [-0.1, -0.05) is 33.8 Å². The fourth-order valence-corrected chi connectivity index (χ4v) is 3.50. The Morgan fingerprint density at radius 3 is 2.16 bits per heavy atom. The molecule has 0 aromatic rings. The molecule has 0 aromatic heterocycles. The van der Waals surface area contributed by atoms with Gasteiger partial charge in [0.15, 0.2) is 6.10 Å². The molecule has 0 aliphatic rings. The number of ether oxygens (including phenoxy) is 3. The van der Waals surface area contributed by atoms with Crippen LogP contribution in [0.4, 0.5) is 0 Å². The van der Waals surface area contributed by atoms with E-state index in [4.69, 9.17) is 14.2 Å². The Morgan fingerprint density at radius 1 is 1.03 bits per heavy atom. The predicted molar refractivity (Wildman–Crippen MR) is 124 cm³/mol. The highest BCUT2D eigenvalue weighted by Crippen LogP contribution is 2.27. The second kappa shape index (κ2) is 16.2. The van der Waals surface area contributed by atoms with E-state index in [1.54, 1.807) is 33.4 Å². The SMILES string of the molecule is CC[C@@H](O)C[C@H](OC)[C@@H](C)CC[C@@H](OC(=O)C(C)OC)[C@H](C)[C@H](O)[C@H](C)/C=C/N(C)C=O. The van der Waals surface area contributed by atoms with Gasteiger partial charge in [-0.2, -0.15) is 0 Å². The second-order valence-electron chi connectivity index (χ2n) is 8.80. The normalized spacial score (nSPS) is 19.4. The highest BCUT2D eigenvalue weighted by atomic mass is 16.6. The van der Waals surface area contributed by atoms with Gasteiger partial charge in [-0.15, -0.1) is 0 Å². The van der Waals surface area contributed by atoms with Crippen LogP contribution >= 0.6 is 0 Å². The minimum atomic E-state index is -0.780. The predicted octanol–water partition coefficient (Wildman–Crippen LogP) is 2.76. The monoisotopic (exact) mass is 459 g/mol. The van der Waals surface area contributed by atoms with Gasteiger partial charge in [-0.05, 0) is 38.5 Å². The van der Waals surface area contributed by atoms with Crippen molar-refractivity contribution in [2.45, 2.75) is 90.8 Å². The van der Waals surface area contributed by atoms with Crippen LogP contribution in [0.3, 0.4) is 0 Å². The molecular formula is C24H45NO7. The summed E-state index contributed by atoms with van der Waals surface area (Å²) in [5.41, 5.74) is 0. The van der Waals surface area contributed by atoms with Gasteiger partial charge in [0, 0.05) is 39.3 Å². The number of amides is 1. The molecule has 0 rings (SSSR count). The highest BCUT2D eigenvalue weighted by Gasteiger charge is 2.32. The van der Waals surface area contributed by atoms with Crippen molar-refractivity contribution in [1.82, 2.24) is 4.90 Å². The molecule has 1 amide bonds. The molecule has 0 spiro atoms. The average Bonchev–Trinajstić information content (AvgIpc) is 2.80. The molecule has 8 nitrogen and oxygen atoms in total. The minimum Gasteiger partial charge on any atom is -0.460 e. The van der Waals surface area contributed by atoms with Crippen molar-refractivity contribution in [3.8, 4) is 0 Å². The molecule has 0 heterocycles. The van der Waals surface area contributed by atoms with Crippen LogP contribution in [-0.4, -0.2) is 79.3 Å². The summed E-state index contributed by atoms with van der Waals surface area (Å²) in [6.45, 7) is 9.31. The Balaban J connectivity index is 5.34. The number of aliphatic hydroxyl groups is 2. The van der Waals surface area contributed by atoms with E-state index in [1.807, 2.05) is 20.8 Å². The van der Waals surface area contributed by atoms with Crippen LogP contribution in [0.15, 0.2) is 12.3 Å². The molecule has 0 saturated heterocycles. The van der Waals surface area contributed by atoms with Crippen molar-refractivity contribution >= 4 is 12.4 Å². The lowest BCUT2D eigenvalue weighted by atomic mass is 9.85. The van der Waals surface area contributed by atoms with Crippen molar-refractivity contribution in [2.75, 3.05) is 21.3 Å². The Labute approximate surface area is 193 Å². The van der Waals surface area contributed by atoms with Gasteiger partial charge >= 0.3 is 5.97 Å². The third-order valence-corrected chi connectivity index (χ3v) is 6.23. The van der Waals surface area contributed by atoms with Crippen LogP contribution in [0.5, 0.6) is 0 Å². The van der Waals surface area contributed by atoms with Crippen molar-refractivity contribution in [3.63, 3.8) is 0 Å². The fourth-order valence-electron chi connectivity index (χ4n) is 3.50. The maximum atomic E-state index is 12.4. The maximum Gasteiger partial charge on any atom is 0.335 e. The minimum absolute atomic E-state index is 0.111. The molecule has 0 fully saturated rings. The summed E-state index contributed by atoms with van der Waals surface area (Å²) in [5, 5.41) is 20.9. The van der Waals surface area contributed by atoms with Crippen molar-refractivity contribution in [2.24, 2.45) is 17.8 Å². The number of hydrogen-bond acceptors (Lipinski definition) is 7. The number of methoxy groups -OCH3 is 2. The van der Waals surface area contributed by atoms with E-state index in [2.05, 4.69) is 6.92 Å². The molecule has 8 heteroatoms. The quantitative estimate of drug-likeness (QED) is 0.254. The zero-order chi connectivity index (χ0) is 24.8. The second-order valence-corrected chi connectivity index (χ2v) is 8.80. The summed E-state index contributed by atoms with van der Waals surface area (Å²) in [4.78, 5) is 24.5. The average molecular weight is 460 g/mol. The number of hydrogen-bond donors (Lipinski definition) is 2. The molecule has 1 unspecified atom stereocenters. The first kappa shape index (κ1) is 30.5. The topological polar surface area (TPSA) is 106 Å². The van der Waals surface area contributed by atoms with Crippen LogP contribution in [0, 0.1) is 17.8 Å². The van der Waals surface area contributed by atoms with Gasteiger partial charge in [0.05, 0.1) is 18.3 Å². The Hall–Kier alpha value is -1.48. The van der Waals surface area contributed by atoms with E-state index in [0.29, 0.717) is 32.1 Å². The fraction of sp³-hybridized carbons (Fsp3) is 0.833. The third kappa shape index (κ3) is 10.9. The summed E-state index contributed by atoms with van der Waals surface area (Å²) in [6.07, 6.45) is 3.94. The Morgan fingerprint density at radius 2 is 1.66 bits per heavy atom. The molecule has 0 aliphatic carbocycles. The zero-order valence-electron chi connectivity index (χ0n) is 21.1. The van der Waals surface area contributed by atoms with Gasteiger partial charge in [0.25, 0.3) is 0 Å². The molecule has 0 bridgehead atoms. The maximum absolute atomic E-state index is 12.4. The molecule has 0 saturated carbocycles. The van der Waals surface area contributed by atoms with Crippen molar-refractivity contribution in [3.05, 3.63) is 12.3 Å². The van der Waals surface area contributed by atoms with Crippen LogP contribution in [0.1, 0.15) is 60.3 Å². The number of aliphatic hydroxyl groups excluding tert-OH is 2. The molecule has 0 aromatic carbocycles. The number of rotatable bonds is 17. The van der Waals surface area contributed by atoms with Gasteiger partial charge in [-0.3, -0.25) is 4.79 Å². The molecule has 32 heavy (non-hydrogen) atoms. The van der Waals surface area contributed by atoms with Crippen LogP contribution in [0.2, 0.25) is 0 Å². The lowest BCUT2D eigenvalue weighted by molar-refractivity contribution is -0.165. The first-order valence-electron chi connectivity index (χ1n) is 11.5. The Bertz CT molecular complexity index is 556. The first-order valence-corrected chi connectivity index (χ1v) is 11.5. The molecule has 2 N–H and O–H groups in total. The number of esters is 1. The Kier molecular flexibility index (Phi) is 15.4. The summed E-state index contributed by atoms with van der Waals surface area (Å²) >= 11 is 0. The van der Waals surface area contributed by atoms with E-state index in [9.17, 15) is 19.8 Å². The zero-order valence-corrected chi connectivity index (χ0v) is 21.1. The summed E-state index contributed by atoms with van der Waals surface area (Å²) in [6, 6.07) is 0. The van der Waals surface area contributed by atoms with E-state index < -0.39 is 30.4 Å². The summed E-state index contributed by atoms with van der Waals surface area (Å²) in [5.74, 6) is -0.946. The molecule has 188 valence electrons. The molecule has 8 atom stereocenters. The smallest absolute Gasteiger partial charge is 0.335 e. The van der Waals surface area contributed by atoms with Crippen LogP contribution in [-0.2, 0) is 23.8 Å². The van der Waals surface area contributed by atoms with E-state index in [-0.39, 0.29) is 23.9 Å². The lowest BCUT2D eigenvalue weighted by Gasteiger charge is -2.32. The van der Waals surface area contributed by atoms with Gasteiger partial charge < -0.3 is 29.3 Å². The lowest BCUT2D eigenvalue weighted by Crippen LogP contribution is -2.39. The van der Waals surface area contributed by atoms with E-state index in [1.165, 1.54) is 12.0 Å². The first-order chi connectivity index (χ1) is 15.0. The molecule has 0 aliphatic heterocycles. The number of nitrogens with zero attached hydrogens (tertiary/aromatic N) is 1. The molecular weight excluding hydrogens is 414 g/mol. The summed E-state index contributed by atoms with van der Waals surface area (Å²) < 4.78 is 16.4. The van der Waals surface area contributed by atoms with Crippen LogP contribution < -0.4 is 0 Å². The summed E-state index contributed by atoms with van der Waals surface area (Å²) in [7, 11) is 4.70. The van der Waals surface area contributed by atoms with Gasteiger partial charge in [0.1, 0.15) is 6.10 Å². The van der Waals surface area contributed by atoms with E-state index in [0.717, 1.165) is 0 Å². The van der Waals surface area contributed by atoms with Gasteiger partial charge in [0.2, 0.25) is 6.41 Å². The van der Waals surface area contributed by atoms with E-state index >= 15 is 0 Å². The largest absolute Gasteiger partial charge is 0.460 e. The van der Waals surface area contributed by atoms with Crippen molar-refractivity contribution in [1.29, 1.82) is 0 Å². The number of carbonyl (C=O) groups excluding carboxylic acids is 2. The van der Waals surface area contributed by atoms with Crippen molar-refractivity contribution < 1.29 is 34.0 Å². The van der Waals surface area contributed by atoms with Crippen LogP contribution in [0.25, 0.3) is 0 Å². The standard InChI is InChI=1S/C24H45NO7/c1-9-20(27)14-22(31-8)16(2)10-11-21(32-24(29)19(5)30-7)18(4)23(28)17(3)12-13-25(6)15-26/h12-13,15-23,27-28H,9-11,14H2,1-8H3/b13-12+/t16-,17+,18-,19?,20+,21+,22-,23+/m0/s1. The third-order valence-electron chi connectivity index (χ3n) is 6.23. The molecule has 0 radical (unpaired) electrons.